The zero-order valence-corrected chi connectivity index (χ0v) is 11.7. The lowest BCUT2D eigenvalue weighted by atomic mass is 10.2. The number of carbonyl (C=O) groups excluding carboxylic acids is 1. The number of carboxylic acid groups (broad SMARTS) is 1. The summed E-state index contributed by atoms with van der Waals surface area (Å²) < 4.78 is 0. The Balaban J connectivity index is 2.98. The van der Waals surface area contributed by atoms with Gasteiger partial charge in [0.05, 0.1) is 9.82 Å². The van der Waals surface area contributed by atoms with E-state index in [1.165, 1.54) is 25.1 Å². The van der Waals surface area contributed by atoms with Crippen LogP contribution in [0.1, 0.15) is 12.5 Å². The summed E-state index contributed by atoms with van der Waals surface area (Å²) in [6, 6.07) is 4.76. The van der Waals surface area contributed by atoms with Crippen molar-refractivity contribution in [2.45, 2.75) is 17.9 Å². The van der Waals surface area contributed by atoms with Gasteiger partial charge in [-0.1, -0.05) is 6.07 Å². The number of amides is 1. The fourth-order valence-electron chi connectivity index (χ4n) is 1.51. The highest BCUT2D eigenvalue weighted by atomic mass is 32.2. The molecule has 0 aliphatic carbocycles. The van der Waals surface area contributed by atoms with Gasteiger partial charge >= 0.3 is 11.7 Å². The molecular weight excluding hydrogens is 298 g/mol. The van der Waals surface area contributed by atoms with Crippen LogP contribution >= 0.6 is 11.8 Å². The predicted molar refractivity (Wildman–Crippen MR) is 73.8 cm³/mol. The molecule has 1 amide bonds. The zero-order chi connectivity index (χ0) is 16.0. The number of thioether (sulfide) groups is 1. The van der Waals surface area contributed by atoms with Crippen LogP contribution in [0.25, 0.3) is 0 Å². The highest BCUT2D eigenvalue weighted by Gasteiger charge is 2.23. The van der Waals surface area contributed by atoms with Crippen LogP contribution in [0.5, 0.6) is 0 Å². The first-order valence-electron chi connectivity index (χ1n) is 5.67. The molecule has 0 radical (unpaired) electrons. The molecule has 0 heterocycles. The summed E-state index contributed by atoms with van der Waals surface area (Å²) in [5.41, 5.74) is -0.464. The Morgan fingerprint density at radius 1 is 1.57 bits per heavy atom. The maximum absolute atomic E-state index is 11.0. The summed E-state index contributed by atoms with van der Waals surface area (Å²) in [7, 11) is 0. The number of rotatable bonds is 6. The highest BCUT2D eigenvalue weighted by Crippen LogP contribution is 2.32. The van der Waals surface area contributed by atoms with Crippen molar-refractivity contribution in [3.05, 3.63) is 33.9 Å². The number of nitro groups is 1. The molecule has 1 rings (SSSR count). The maximum atomic E-state index is 11.0. The first-order valence-corrected chi connectivity index (χ1v) is 6.65. The van der Waals surface area contributed by atoms with Gasteiger partial charge in [0, 0.05) is 12.7 Å². The summed E-state index contributed by atoms with van der Waals surface area (Å²) in [4.78, 5) is 32.4. The second-order valence-corrected chi connectivity index (χ2v) is 4.99. The fraction of sp³-hybridized carbons (Fsp3) is 0.250. The second-order valence-electron chi connectivity index (χ2n) is 3.92. The molecular formula is C12H11N3O5S. The fourth-order valence-corrected chi connectivity index (χ4v) is 2.58. The van der Waals surface area contributed by atoms with E-state index in [0.717, 1.165) is 11.8 Å². The normalized spacial score (nSPS) is 11.2. The van der Waals surface area contributed by atoms with E-state index in [4.69, 9.17) is 10.4 Å². The molecule has 0 aromatic heterocycles. The number of aliphatic carboxylic acids is 1. The zero-order valence-electron chi connectivity index (χ0n) is 10.9. The lowest BCUT2D eigenvalue weighted by Crippen LogP contribution is -2.41. The molecule has 1 aromatic carbocycles. The monoisotopic (exact) mass is 309 g/mol. The number of carbonyl (C=O) groups is 2. The molecule has 1 unspecified atom stereocenters. The van der Waals surface area contributed by atoms with E-state index in [1.807, 2.05) is 0 Å². The molecule has 1 aromatic rings. The van der Waals surface area contributed by atoms with Gasteiger partial charge in [-0.05, 0) is 12.1 Å². The van der Waals surface area contributed by atoms with E-state index in [-0.39, 0.29) is 21.9 Å². The van der Waals surface area contributed by atoms with E-state index in [2.05, 4.69) is 5.32 Å². The third-order valence-electron chi connectivity index (χ3n) is 2.38. The minimum atomic E-state index is -1.24. The van der Waals surface area contributed by atoms with Gasteiger partial charge in [-0.3, -0.25) is 14.9 Å². The number of carboxylic acids is 1. The van der Waals surface area contributed by atoms with Gasteiger partial charge in [-0.2, -0.15) is 5.26 Å². The minimum absolute atomic E-state index is 0.0926. The van der Waals surface area contributed by atoms with Crippen LogP contribution in [0.15, 0.2) is 23.1 Å². The average Bonchev–Trinajstić information content (AvgIpc) is 2.41. The van der Waals surface area contributed by atoms with Crippen LogP contribution in [0.3, 0.4) is 0 Å². The van der Waals surface area contributed by atoms with Crippen molar-refractivity contribution in [1.29, 1.82) is 5.26 Å². The number of nitro benzene ring substituents is 1. The van der Waals surface area contributed by atoms with Gasteiger partial charge < -0.3 is 10.4 Å². The lowest BCUT2D eigenvalue weighted by Gasteiger charge is -2.12. The van der Waals surface area contributed by atoms with Gasteiger partial charge in [0.2, 0.25) is 5.91 Å². The van der Waals surface area contributed by atoms with Gasteiger partial charge in [0.15, 0.2) is 0 Å². The molecule has 1 atom stereocenters. The third kappa shape index (κ3) is 4.47. The van der Waals surface area contributed by atoms with E-state index in [1.54, 1.807) is 6.07 Å². The van der Waals surface area contributed by atoms with Crippen LogP contribution < -0.4 is 5.32 Å². The Morgan fingerprint density at radius 2 is 2.24 bits per heavy atom. The van der Waals surface area contributed by atoms with E-state index in [0.29, 0.717) is 0 Å². The van der Waals surface area contributed by atoms with Crippen LogP contribution in [0.4, 0.5) is 5.69 Å². The summed E-state index contributed by atoms with van der Waals surface area (Å²) in [5, 5.41) is 31.1. The third-order valence-corrected chi connectivity index (χ3v) is 3.52. The predicted octanol–water partition coefficient (Wildman–Crippen LogP) is 1.15. The molecule has 0 aliphatic heterocycles. The lowest BCUT2D eigenvalue weighted by molar-refractivity contribution is -0.388. The highest BCUT2D eigenvalue weighted by molar-refractivity contribution is 7.99. The SMILES string of the molecule is CC(=O)NC(CSc1cccc(C#N)c1[N+](=O)[O-])C(=O)O. The van der Waals surface area contributed by atoms with Crippen molar-refractivity contribution in [2.24, 2.45) is 0 Å². The molecule has 0 fully saturated rings. The second kappa shape index (κ2) is 7.25. The summed E-state index contributed by atoms with van der Waals surface area (Å²) in [5.74, 6) is -1.84. The number of nitriles is 1. The Bertz CT molecular complexity index is 626. The van der Waals surface area contributed by atoms with Crippen molar-refractivity contribution < 1.29 is 19.6 Å². The van der Waals surface area contributed by atoms with E-state index < -0.39 is 22.8 Å². The first-order chi connectivity index (χ1) is 9.86. The number of para-hydroxylation sites is 1. The summed E-state index contributed by atoms with van der Waals surface area (Å²) in [6.07, 6.45) is 0. The van der Waals surface area contributed by atoms with Gasteiger partial charge in [0.1, 0.15) is 17.7 Å². The van der Waals surface area contributed by atoms with Crippen molar-refractivity contribution >= 4 is 29.3 Å². The Morgan fingerprint density at radius 3 is 2.71 bits per heavy atom. The summed E-state index contributed by atoms with van der Waals surface area (Å²) >= 11 is 0.895. The smallest absolute Gasteiger partial charge is 0.327 e. The molecule has 110 valence electrons. The molecule has 8 nitrogen and oxygen atoms in total. The van der Waals surface area contributed by atoms with Crippen molar-refractivity contribution in [1.82, 2.24) is 5.32 Å². The molecule has 0 spiro atoms. The Hall–Kier alpha value is -2.60. The number of benzene rings is 1. The summed E-state index contributed by atoms with van der Waals surface area (Å²) in [6.45, 7) is 1.18. The molecule has 21 heavy (non-hydrogen) atoms. The van der Waals surface area contributed by atoms with Crippen LogP contribution in [-0.4, -0.2) is 33.7 Å². The van der Waals surface area contributed by atoms with Crippen molar-refractivity contribution in [2.75, 3.05) is 5.75 Å². The minimum Gasteiger partial charge on any atom is -0.480 e. The molecule has 0 bridgehead atoms. The van der Waals surface area contributed by atoms with Gasteiger partial charge in [-0.25, -0.2) is 4.79 Å². The van der Waals surface area contributed by atoms with Crippen LogP contribution in [0, 0.1) is 21.4 Å². The standard InChI is InChI=1S/C12H11N3O5S/c1-7(16)14-9(12(17)18)6-21-10-4-2-3-8(5-13)11(10)15(19)20/h2-4,9H,6H2,1H3,(H,14,16)(H,17,18). The van der Waals surface area contributed by atoms with Crippen LogP contribution in [-0.2, 0) is 9.59 Å². The molecule has 0 saturated carbocycles. The largest absolute Gasteiger partial charge is 0.480 e. The Labute approximate surface area is 123 Å². The van der Waals surface area contributed by atoms with Crippen molar-refractivity contribution in [3.8, 4) is 6.07 Å². The van der Waals surface area contributed by atoms with E-state index >= 15 is 0 Å². The molecule has 0 aliphatic rings. The van der Waals surface area contributed by atoms with E-state index in [9.17, 15) is 19.7 Å². The number of nitrogens with one attached hydrogen (secondary N) is 1. The van der Waals surface area contributed by atoms with Crippen molar-refractivity contribution in [3.63, 3.8) is 0 Å². The quantitative estimate of drug-likeness (QED) is 0.457. The number of nitrogens with zero attached hydrogens (tertiary/aromatic N) is 2. The molecule has 2 N–H and O–H groups in total. The molecule has 0 saturated heterocycles. The number of hydrogen-bond acceptors (Lipinski definition) is 6. The first kappa shape index (κ1) is 16.5. The maximum Gasteiger partial charge on any atom is 0.327 e. The topological polar surface area (TPSA) is 133 Å². The Kier molecular flexibility index (Phi) is 5.68. The van der Waals surface area contributed by atoms with Crippen LogP contribution in [0.2, 0.25) is 0 Å². The van der Waals surface area contributed by atoms with Gasteiger partial charge in [0.25, 0.3) is 0 Å². The number of hydrogen-bond donors (Lipinski definition) is 2. The average molecular weight is 309 g/mol. The molecule has 9 heteroatoms. The van der Waals surface area contributed by atoms with Gasteiger partial charge in [-0.15, -0.1) is 11.8 Å².